The highest BCUT2D eigenvalue weighted by Crippen LogP contribution is 2.20. The average Bonchev–Trinajstić information content (AvgIpc) is 2.33. The Kier molecular flexibility index (Phi) is 6.52. The van der Waals surface area contributed by atoms with Crippen LogP contribution in [0, 0.1) is 11.3 Å². The lowest BCUT2D eigenvalue weighted by Gasteiger charge is -2.24. The number of hydrogen-bond donors (Lipinski definition) is 2. The van der Waals surface area contributed by atoms with Crippen molar-refractivity contribution in [3.05, 3.63) is 0 Å². The minimum Gasteiger partial charge on any atom is -0.481 e. The largest absolute Gasteiger partial charge is 0.481 e. The number of hydrogen-bond acceptors (Lipinski definition) is 4. The van der Waals surface area contributed by atoms with Crippen LogP contribution >= 0.6 is 0 Å². The fraction of sp³-hybridized carbons (Fsp3) is 0.769. The van der Waals surface area contributed by atoms with E-state index in [0.717, 1.165) is 0 Å². The molecule has 0 aromatic heterocycles. The molecular formula is C13H23NO5. The van der Waals surface area contributed by atoms with Gasteiger partial charge >= 0.3 is 11.9 Å². The van der Waals surface area contributed by atoms with Crippen molar-refractivity contribution in [2.24, 2.45) is 11.3 Å². The van der Waals surface area contributed by atoms with Gasteiger partial charge in [-0.1, -0.05) is 20.3 Å². The molecule has 0 bridgehead atoms. The molecule has 0 saturated heterocycles. The van der Waals surface area contributed by atoms with Crippen LogP contribution in [0.5, 0.6) is 0 Å². The Bertz CT molecular complexity index is 351. The average molecular weight is 273 g/mol. The molecule has 0 fully saturated rings. The van der Waals surface area contributed by atoms with Crippen molar-refractivity contribution in [2.75, 3.05) is 7.11 Å². The molecule has 19 heavy (non-hydrogen) atoms. The molecule has 0 aromatic carbocycles. The van der Waals surface area contributed by atoms with Crippen LogP contribution in [0.1, 0.15) is 40.5 Å². The Hall–Kier alpha value is -1.59. The standard InChI is InChI=1S/C13H23NO5/c1-6-8(2)10(11(16)19-5)14-9(15)7-13(3,4)12(17)18/h8,10H,6-7H2,1-5H3,(H,14,15)(H,17,18). The van der Waals surface area contributed by atoms with Crippen molar-refractivity contribution in [2.45, 2.75) is 46.6 Å². The second-order valence-electron chi connectivity index (χ2n) is 5.32. The Balaban J connectivity index is 4.74. The number of methoxy groups -OCH3 is 1. The minimum absolute atomic E-state index is 0.0793. The summed E-state index contributed by atoms with van der Waals surface area (Å²) in [6, 6.07) is -0.743. The van der Waals surface area contributed by atoms with Gasteiger partial charge in [0, 0.05) is 6.42 Å². The Morgan fingerprint density at radius 2 is 1.84 bits per heavy atom. The molecule has 2 atom stereocenters. The van der Waals surface area contributed by atoms with E-state index in [-0.39, 0.29) is 12.3 Å². The first-order chi connectivity index (χ1) is 8.65. The number of carboxylic acid groups (broad SMARTS) is 1. The van der Waals surface area contributed by atoms with Crippen molar-refractivity contribution in [3.63, 3.8) is 0 Å². The molecular weight excluding hydrogens is 250 g/mol. The van der Waals surface area contributed by atoms with Gasteiger partial charge in [-0.3, -0.25) is 9.59 Å². The van der Waals surface area contributed by atoms with Gasteiger partial charge in [-0.05, 0) is 19.8 Å². The van der Waals surface area contributed by atoms with Crippen LogP contribution in [0.2, 0.25) is 0 Å². The second kappa shape index (κ2) is 7.11. The summed E-state index contributed by atoms with van der Waals surface area (Å²) < 4.78 is 4.64. The first-order valence-corrected chi connectivity index (χ1v) is 6.26. The van der Waals surface area contributed by atoms with E-state index in [2.05, 4.69) is 10.1 Å². The quantitative estimate of drug-likeness (QED) is 0.680. The van der Waals surface area contributed by atoms with E-state index in [1.165, 1.54) is 21.0 Å². The lowest BCUT2D eigenvalue weighted by Crippen LogP contribution is -2.47. The molecule has 0 aliphatic rings. The summed E-state index contributed by atoms with van der Waals surface area (Å²) in [6.45, 7) is 6.65. The van der Waals surface area contributed by atoms with E-state index in [1.54, 1.807) is 0 Å². The molecule has 1 amide bonds. The summed E-state index contributed by atoms with van der Waals surface area (Å²) >= 11 is 0. The fourth-order valence-electron chi connectivity index (χ4n) is 1.50. The van der Waals surface area contributed by atoms with Crippen LogP contribution in [0.15, 0.2) is 0 Å². The number of nitrogens with one attached hydrogen (secondary N) is 1. The van der Waals surface area contributed by atoms with Gasteiger partial charge in [0.05, 0.1) is 12.5 Å². The maximum Gasteiger partial charge on any atom is 0.328 e. The van der Waals surface area contributed by atoms with Crippen LogP contribution in [0.3, 0.4) is 0 Å². The van der Waals surface area contributed by atoms with E-state index in [0.29, 0.717) is 6.42 Å². The number of carbonyl (C=O) groups excluding carboxylic acids is 2. The highest BCUT2D eigenvalue weighted by Gasteiger charge is 2.33. The van der Waals surface area contributed by atoms with Gasteiger partial charge in [0.25, 0.3) is 0 Å². The van der Waals surface area contributed by atoms with E-state index < -0.39 is 29.3 Å². The maximum absolute atomic E-state index is 11.8. The molecule has 0 rings (SSSR count). The fourth-order valence-corrected chi connectivity index (χ4v) is 1.50. The number of aliphatic carboxylic acids is 1. The highest BCUT2D eigenvalue weighted by atomic mass is 16.5. The van der Waals surface area contributed by atoms with Crippen LogP contribution in [-0.2, 0) is 19.1 Å². The van der Waals surface area contributed by atoms with Crippen LogP contribution in [0.4, 0.5) is 0 Å². The van der Waals surface area contributed by atoms with Gasteiger partial charge in [0.15, 0.2) is 0 Å². The molecule has 0 aliphatic carbocycles. The predicted octanol–water partition coefficient (Wildman–Crippen LogP) is 1.19. The molecule has 2 unspecified atom stereocenters. The summed E-state index contributed by atoms with van der Waals surface area (Å²) in [5, 5.41) is 11.5. The van der Waals surface area contributed by atoms with E-state index in [1.807, 2.05) is 13.8 Å². The topological polar surface area (TPSA) is 92.7 Å². The van der Waals surface area contributed by atoms with Gasteiger partial charge in [-0.2, -0.15) is 0 Å². The predicted molar refractivity (Wildman–Crippen MR) is 69.4 cm³/mol. The maximum atomic E-state index is 11.8. The van der Waals surface area contributed by atoms with Crippen LogP contribution in [0.25, 0.3) is 0 Å². The van der Waals surface area contributed by atoms with Crippen LogP contribution in [-0.4, -0.2) is 36.1 Å². The second-order valence-corrected chi connectivity index (χ2v) is 5.32. The van der Waals surface area contributed by atoms with Gasteiger partial charge in [0.1, 0.15) is 6.04 Å². The number of carboxylic acids is 1. The summed E-state index contributed by atoms with van der Waals surface area (Å²) in [4.78, 5) is 34.4. The van der Waals surface area contributed by atoms with Gasteiger partial charge in [-0.15, -0.1) is 0 Å². The Morgan fingerprint density at radius 1 is 1.32 bits per heavy atom. The van der Waals surface area contributed by atoms with Crippen molar-refractivity contribution >= 4 is 17.8 Å². The zero-order valence-corrected chi connectivity index (χ0v) is 12.1. The highest BCUT2D eigenvalue weighted by molar-refractivity contribution is 5.88. The summed E-state index contributed by atoms with van der Waals surface area (Å²) in [5.41, 5.74) is -1.17. The lowest BCUT2D eigenvalue weighted by molar-refractivity contribution is -0.150. The monoisotopic (exact) mass is 273 g/mol. The van der Waals surface area contributed by atoms with Crippen LogP contribution < -0.4 is 5.32 Å². The zero-order valence-electron chi connectivity index (χ0n) is 12.1. The Labute approximate surface area is 113 Å². The first-order valence-electron chi connectivity index (χ1n) is 6.26. The molecule has 6 nitrogen and oxygen atoms in total. The molecule has 0 aromatic rings. The SMILES string of the molecule is CCC(C)C(NC(=O)CC(C)(C)C(=O)O)C(=O)OC. The van der Waals surface area contributed by atoms with Gasteiger partial charge in [-0.25, -0.2) is 4.79 Å². The molecule has 0 saturated carbocycles. The molecule has 0 heterocycles. The summed E-state index contributed by atoms with van der Waals surface area (Å²) in [6.07, 6.45) is 0.509. The first kappa shape index (κ1) is 17.4. The Morgan fingerprint density at radius 3 is 2.21 bits per heavy atom. The molecule has 0 spiro atoms. The van der Waals surface area contributed by atoms with Crippen molar-refractivity contribution < 1.29 is 24.2 Å². The van der Waals surface area contributed by atoms with Gasteiger partial charge in [0.2, 0.25) is 5.91 Å². The van der Waals surface area contributed by atoms with E-state index in [4.69, 9.17) is 5.11 Å². The summed E-state index contributed by atoms with van der Waals surface area (Å²) in [5.74, 6) is -2.12. The van der Waals surface area contributed by atoms with Crippen molar-refractivity contribution in [1.82, 2.24) is 5.32 Å². The minimum atomic E-state index is -1.17. The molecule has 6 heteroatoms. The number of rotatable bonds is 7. The van der Waals surface area contributed by atoms with E-state index >= 15 is 0 Å². The summed E-state index contributed by atoms with van der Waals surface area (Å²) in [7, 11) is 1.26. The third-order valence-corrected chi connectivity index (χ3v) is 3.17. The number of carbonyl (C=O) groups is 3. The number of amides is 1. The molecule has 2 N–H and O–H groups in total. The molecule has 0 aliphatic heterocycles. The normalized spacial score (nSPS) is 14.4. The third-order valence-electron chi connectivity index (χ3n) is 3.17. The number of ether oxygens (including phenoxy) is 1. The van der Waals surface area contributed by atoms with Gasteiger partial charge < -0.3 is 15.2 Å². The number of esters is 1. The third kappa shape index (κ3) is 5.28. The zero-order chi connectivity index (χ0) is 15.2. The van der Waals surface area contributed by atoms with Crippen molar-refractivity contribution in [1.29, 1.82) is 0 Å². The smallest absolute Gasteiger partial charge is 0.328 e. The van der Waals surface area contributed by atoms with Crippen molar-refractivity contribution in [3.8, 4) is 0 Å². The van der Waals surface area contributed by atoms with E-state index in [9.17, 15) is 14.4 Å². The molecule has 110 valence electrons. The lowest BCUT2D eigenvalue weighted by atomic mass is 9.88. The molecule has 0 radical (unpaired) electrons.